The summed E-state index contributed by atoms with van der Waals surface area (Å²) in [4.78, 5) is 4.38. The summed E-state index contributed by atoms with van der Waals surface area (Å²) in [5.74, 6) is 0. The second kappa shape index (κ2) is 15.5. The molecule has 12 aromatic carbocycles. The third kappa shape index (κ3) is 5.43. The van der Waals surface area contributed by atoms with Crippen molar-refractivity contribution >= 4 is 134 Å². The Morgan fingerprint density at radius 3 is 1.61 bits per heavy atom. The molecule has 0 radical (unpaired) electrons. The monoisotopic (exact) mass is 987 g/mol. The van der Waals surface area contributed by atoms with Crippen LogP contribution in [0.15, 0.2) is 218 Å². The van der Waals surface area contributed by atoms with Gasteiger partial charge in [0.25, 0.3) is 0 Å². The van der Waals surface area contributed by atoms with Gasteiger partial charge in [-0.1, -0.05) is 188 Å². The van der Waals surface area contributed by atoms with Crippen molar-refractivity contribution in [1.29, 1.82) is 5.26 Å². The van der Waals surface area contributed by atoms with E-state index in [2.05, 4.69) is 10.9 Å². The molecular weight excluding hydrogens is 937 g/mol. The molecule has 4 heterocycles. The third-order valence-electron chi connectivity index (χ3n) is 14.5. The average molecular weight is 988 g/mol. The molecule has 0 saturated heterocycles. The maximum atomic E-state index is 12.5. The predicted molar refractivity (Wildman–Crippen MR) is 314 cm³/mol. The van der Waals surface area contributed by atoms with Crippen molar-refractivity contribution in [2.75, 3.05) is 0 Å². The van der Waals surface area contributed by atoms with E-state index in [0.717, 1.165) is 30.3 Å². The Morgan fingerprint density at radius 2 is 0.986 bits per heavy atom. The number of thiophene rings is 2. The van der Waals surface area contributed by atoms with E-state index in [9.17, 15) is 25.5 Å². The van der Waals surface area contributed by atoms with Gasteiger partial charge in [-0.3, -0.25) is 0 Å². The Bertz CT molecular complexity index is 5930. The maximum absolute atomic E-state index is 12.5. The highest BCUT2D eigenvalue weighted by atomic mass is 32.1. The van der Waals surface area contributed by atoms with Gasteiger partial charge in [0.05, 0.1) is 75.5 Å². The van der Waals surface area contributed by atoms with Crippen molar-refractivity contribution in [2.45, 2.75) is 0 Å². The van der Waals surface area contributed by atoms with Crippen molar-refractivity contribution in [3.63, 3.8) is 0 Å². The minimum atomic E-state index is -0.663. The summed E-state index contributed by atoms with van der Waals surface area (Å²) in [5, 5.41) is 15.9. The van der Waals surface area contributed by atoms with Crippen LogP contribution in [-0.2, 0) is 0 Å². The van der Waals surface area contributed by atoms with Gasteiger partial charge < -0.3 is 9.13 Å². The zero-order valence-corrected chi connectivity index (χ0v) is 39.9. The van der Waals surface area contributed by atoms with Gasteiger partial charge in [-0.15, -0.1) is 22.7 Å². The highest BCUT2D eigenvalue weighted by Gasteiger charge is 2.34. The number of fused-ring (bicyclic) bond motifs is 14. The van der Waals surface area contributed by atoms with Gasteiger partial charge in [0.15, 0.2) is 0 Å². The summed E-state index contributed by atoms with van der Waals surface area (Å²) in [5.41, 5.74) is 1.85. The molecule has 340 valence electrons. The molecule has 16 aromatic rings. The van der Waals surface area contributed by atoms with E-state index in [1.165, 1.54) is 27.2 Å². The van der Waals surface area contributed by atoms with Crippen LogP contribution >= 0.6 is 22.7 Å². The van der Waals surface area contributed by atoms with Gasteiger partial charge in [0.2, 0.25) is 5.69 Å². The Hall–Kier alpha value is -9.56. The quantitative estimate of drug-likeness (QED) is 0.125. The van der Waals surface area contributed by atoms with Gasteiger partial charge >= 0.3 is 0 Å². The summed E-state index contributed by atoms with van der Waals surface area (Å²) < 4.78 is 148. The van der Waals surface area contributed by atoms with E-state index in [0.29, 0.717) is 48.6 Å². The molecule has 0 spiro atoms. The molecule has 4 aromatic heterocycles. The van der Waals surface area contributed by atoms with Crippen molar-refractivity contribution in [2.24, 2.45) is 0 Å². The summed E-state index contributed by atoms with van der Waals surface area (Å²) in [6.07, 6.45) is 0. The van der Waals surface area contributed by atoms with Gasteiger partial charge in [0.1, 0.15) is 6.07 Å². The number of hydrogen-bond donors (Lipinski definition) is 0. The second-order valence-electron chi connectivity index (χ2n) is 18.1. The summed E-state index contributed by atoms with van der Waals surface area (Å²) in [6, 6.07) is 33.2. The van der Waals surface area contributed by atoms with Gasteiger partial charge in [0, 0.05) is 63.6 Å². The molecule has 0 aliphatic rings. The predicted octanol–water partition coefficient (Wildman–Crippen LogP) is 19.8. The Kier molecular flexibility index (Phi) is 6.08. The van der Waals surface area contributed by atoms with Crippen LogP contribution in [0.4, 0.5) is 5.69 Å². The van der Waals surface area contributed by atoms with Crippen LogP contribution in [0.2, 0.25) is 0 Å². The lowest BCUT2D eigenvalue weighted by molar-refractivity contribution is 1.14. The van der Waals surface area contributed by atoms with Crippen LogP contribution in [0.1, 0.15) is 26.1 Å². The molecule has 6 heteroatoms. The van der Waals surface area contributed by atoms with Crippen LogP contribution in [0.3, 0.4) is 0 Å². The fraction of sp³-hybridized carbons (Fsp3) is 0. The topological polar surface area (TPSA) is 38.0 Å². The van der Waals surface area contributed by atoms with Gasteiger partial charge in [-0.2, -0.15) is 5.26 Å². The number of rotatable bonds is 5. The van der Waals surface area contributed by atoms with Gasteiger partial charge in [-0.05, 0) is 74.1 Å². The molecule has 16 rings (SSSR count). The molecular formula is C68H36N4S2. The van der Waals surface area contributed by atoms with E-state index in [4.69, 9.17) is 6.85 Å². The number of hydrogen-bond acceptors (Lipinski definition) is 3. The third-order valence-corrected chi connectivity index (χ3v) is 16.8. The minimum Gasteiger partial charge on any atom is -0.318 e. The lowest BCUT2D eigenvalue weighted by Crippen LogP contribution is -2.09. The van der Waals surface area contributed by atoms with Crippen LogP contribution in [0.25, 0.3) is 155 Å². The highest BCUT2D eigenvalue weighted by molar-refractivity contribution is 7.27. The fourth-order valence-corrected chi connectivity index (χ4v) is 14.1. The van der Waals surface area contributed by atoms with Crippen molar-refractivity contribution in [3.8, 4) is 50.8 Å². The van der Waals surface area contributed by atoms with E-state index >= 15 is 0 Å². The lowest BCUT2D eigenvalue weighted by Gasteiger charge is -2.26. The van der Waals surface area contributed by atoms with Crippen molar-refractivity contribution in [1.82, 2.24) is 9.13 Å². The first-order valence-electron chi connectivity index (χ1n) is 31.0. The second-order valence-corrected chi connectivity index (χ2v) is 20.2. The van der Waals surface area contributed by atoms with Crippen LogP contribution in [-0.4, -0.2) is 9.13 Å². The molecule has 74 heavy (non-hydrogen) atoms. The largest absolute Gasteiger partial charge is 0.318 e. The normalized spacial score (nSPS) is 14.9. The lowest BCUT2D eigenvalue weighted by atomic mass is 9.88. The first-order chi connectivity index (χ1) is 42.9. The number of aromatic nitrogens is 2. The number of nitrogens with zero attached hydrogens (tertiary/aromatic N) is 4. The van der Waals surface area contributed by atoms with E-state index in [1.54, 1.807) is 60.7 Å². The Labute approximate surface area is 452 Å². The molecule has 0 fully saturated rings. The van der Waals surface area contributed by atoms with E-state index < -0.39 is 90.6 Å². The SMILES string of the molecule is [2H]c1c([2H])c([2H])c(-c2cc3c4ccccc4sc3c3c2c2ccc4c5ccccc5sc4c2n3-c2c(C#N)c(-c3ccccc3)c([N+]#[C-])c(-n3c4c([2H])c([2H])c([2H])c5c6c([2H])c([2H])c([2H])c([2H])c6c6c([2H])c([2H])c([2H])c3c6c54)c2-c2ccccc2)c([2H])c1[2H]. The zero-order valence-electron chi connectivity index (χ0n) is 53.2. The Morgan fingerprint density at radius 1 is 0.446 bits per heavy atom. The van der Waals surface area contributed by atoms with Crippen LogP contribution in [0.5, 0.6) is 0 Å². The van der Waals surface area contributed by atoms with Crippen molar-refractivity contribution in [3.05, 3.63) is 235 Å². The molecule has 0 N–H and O–H groups in total. The first-order valence-corrected chi connectivity index (χ1v) is 25.2. The zero-order chi connectivity index (χ0) is 61.8. The van der Waals surface area contributed by atoms with Crippen LogP contribution < -0.4 is 0 Å². The average Bonchev–Trinajstić information content (AvgIpc) is 1.55. The number of benzene rings is 12. The highest BCUT2D eigenvalue weighted by Crippen LogP contribution is 2.56. The molecule has 0 bridgehead atoms. The molecule has 0 aliphatic carbocycles. The van der Waals surface area contributed by atoms with Crippen molar-refractivity contribution < 1.29 is 20.6 Å². The summed E-state index contributed by atoms with van der Waals surface area (Å²) in [6.45, 7) is 9.55. The summed E-state index contributed by atoms with van der Waals surface area (Å²) >= 11 is 2.95. The maximum Gasteiger partial charge on any atom is 0.220 e. The Balaban J connectivity index is 1.27. The minimum absolute atomic E-state index is 0.0123. The molecule has 0 unspecified atom stereocenters. The molecule has 0 atom stereocenters. The standard InChI is InChI=1S/C68H36N4S2/c1-70-62-57(40-21-7-3-8-22-40)52(38-69)63(58(41-23-9-4-10-24-41)65(62)71-53-31-17-29-46-42-25-11-12-26-43(42)47-30-18-32-54(71)61(47)60(46)53)72-64-49(36-35-48-44-27-13-15-33-55(44)73-67(48)64)59-50(39-19-5-2-6-20-39)37-51-45-28-14-16-34-56(45)74-68(51)66(59)72/h2-37H/i2D,5D,6D,11D,12D,17D,18D,19D,20D,25D,26D,29D,30D,31D,32D. The van der Waals surface area contributed by atoms with Gasteiger partial charge in [-0.25, -0.2) is 4.85 Å². The molecule has 0 saturated carbocycles. The first kappa shape index (κ1) is 29.1. The molecule has 0 aliphatic heterocycles. The molecule has 0 amide bonds. The number of nitriles is 1. The van der Waals surface area contributed by atoms with E-state index in [-0.39, 0.29) is 82.7 Å². The fourth-order valence-electron chi connectivity index (χ4n) is 11.6. The smallest absolute Gasteiger partial charge is 0.220 e. The van der Waals surface area contributed by atoms with E-state index in [1.807, 2.05) is 71.3 Å². The molecule has 4 nitrogen and oxygen atoms in total. The van der Waals surface area contributed by atoms with Crippen LogP contribution in [0, 0.1) is 17.9 Å². The summed E-state index contributed by atoms with van der Waals surface area (Å²) in [7, 11) is 0.